The van der Waals surface area contributed by atoms with E-state index in [1.807, 2.05) is 36.4 Å². The lowest BCUT2D eigenvalue weighted by Crippen LogP contribution is -1.95. The summed E-state index contributed by atoms with van der Waals surface area (Å²) in [5.74, 6) is 1.65. The molecule has 6 aromatic rings. The lowest BCUT2D eigenvalue weighted by Gasteiger charge is -2.16. The second kappa shape index (κ2) is 9.18. The molecule has 8 heteroatoms. The van der Waals surface area contributed by atoms with Crippen LogP contribution in [-0.4, -0.2) is 9.85 Å². The summed E-state index contributed by atoms with van der Waals surface area (Å²) in [5.41, 5.74) is -0.0273. The van der Waals surface area contributed by atoms with Gasteiger partial charge in [-0.2, -0.15) is 0 Å². The van der Waals surface area contributed by atoms with E-state index >= 15 is 0 Å². The molecule has 0 saturated heterocycles. The third-order valence-corrected chi connectivity index (χ3v) is 6.37. The molecule has 0 heterocycles. The summed E-state index contributed by atoms with van der Waals surface area (Å²) in [6.45, 7) is 0. The first-order valence-electron chi connectivity index (χ1n) is 11.7. The van der Waals surface area contributed by atoms with Gasteiger partial charge in [-0.15, -0.1) is 0 Å². The molecule has 184 valence electrons. The molecule has 0 saturated carbocycles. The Kier molecular flexibility index (Phi) is 5.54. The zero-order valence-electron chi connectivity index (χ0n) is 19.7. The number of nitro benzene ring substituents is 2. The number of hydrogen-bond donors (Lipinski definition) is 0. The van der Waals surface area contributed by atoms with Gasteiger partial charge in [0.2, 0.25) is 0 Å². The van der Waals surface area contributed by atoms with E-state index in [0.717, 1.165) is 10.8 Å². The van der Waals surface area contributed by atoms with Crippen LogP contribution in [0.3, 0.4) is 0 Å². The zero-order valence-corrected chi connectivity index (χ0v) is 19.7. The van der Waals surface area contributed by atoms with Gasteiger partial charge < -0.3 is 9.47 Å². The number of non-ortho nitro benzene ring substituents is 2. The Hall–Kier alpha value is -5.50. The molecule has 0 aliphatic carbocycles. The zero-order chi connectivity index (χ0) is 26.2. The normalized spacial score (nSPS) is 11.1. The number of fused-ring (bicyclic) bond motifs is 3. The van der Waals surface area contributed by atoms with Gasteiger partial charge in [-0.3, -0.25) is 20.2 Å². The first-order chi connectivity index (χ1) is 18.5. The van der Waals surface area contributed by atoms with Gasteiger partial charge >= 0.3 is 0 Å². The van der Waals surface area contributed by atoms with Crippen LogP contribution in [-0.2, 0) is 0 Å². The summed E-state index contributed by atoms with van der Waals surface area (Å²) < 4.78 is 12.7. The summed E-state index contributed by atoms with van der Waals surface area (Å²) in [6.07, 6.45) is 0. The second-order valence-electron chi connectivity index (χ2n) is 8.62. The minimum atomic E-state index is -0.420. The average Bonchev–Trinajstić information content (AvgIpc) is 2.93. The van der Waals surface area contributed by atoms with E-state index in [1.165, 1.54) is 12.1 Å². The monoisotopic (exact) mass is 502 g/mol. The Balaban J connectivity index is 1.50. The summed E-state index contributed by atoms with van der Waals surface area (Å²) in [4.78, 5) is 22.3. The summed E-state index contributed by atoms with van der Waals surface area (Å²) in [7, 11) is 0. The van der Waals surface area contributed by atoms with E-state index in [0.29, 0.717) is 44.5 Å². The van der Waals surface area contributed by atoms with Gasteiger partial charge in [0.25, 0.3) is 11.4 Å². The topological polar surface area (TPSA) is 105 Å². The van der Waals surface area contributed by atoms with Crippen molar-refractivity contribution in [3.05, 3.63) is 129 Å². The van der Waals surface area contributed by atoms with Gasteiger partial charge in [-0.05, 0) is 47.2 Å². The average molecular weight is 502 g/mol. The lowest BCUT2D eigenvalue weighted by molar-refractivity contribution is -0.383. The Morgan fingerprint density at radius 3 is 1.21 bits per heavy atom. The molecule has 0 unspecified atom stereocenters. The highest BCUT2D eigenvalue weighted by molar-refractivity contribution is 5.97. The van der Waals surface area contributed by atoms with Crippen LogP contribution in [0, 0.1) is 20.2 Å². The first-order valence-corrected chi connectivity index (χ1v) is 11.7. The number of hydrogen-bond acceptors (Lipinski definition) is 6. The maximum atomic E-state index is 11.6. The highest BCUT2D eigenvalue weighted by atomic mass is 16.6. The van der Waals surface area contributed by atoms with Crippen LogP contribution in [0.25, 0.3) is 32.3 Å². The van der Waals surface area contributed by atoms with Crippen molar-refractivity contribution in [1.29, 1.82) is 0 Å². The van der Waals surface area contributed by atoms with Crippen molar-refractivity contribution in [3.8, 4) is 23.0 Å². The summed E-state index contributed by atoms with van der Waals surface area (Å²) in [5, 5.41) is 27.0. The first kappa shape index (κ1) is 22.9. The van der Waals surface area contributed by atoms with Gasteiger partial charge in [-0.1, -0.05) is 60.7 Å². The highest BCUT2D eigenvalue weighted by Crippen LogP contribution is 2.43. The van der Waals surface area contributed by atoms with Crippen molar-refractivity contribution in [1.82, 2.24) is 0 Å². The van der Waals surface area contributed by atoms with Crippen LogP contribution >= 0.6 is 0 Å². The van der Waals surface area contributed by atoms with Gasteiger partial charge in [0, 0.05) is 22.9 Å². The van der Waals surface area contributed by atoms with Crippen LogP contribution in [0.1, 0.15) is 0 Å². The van der Waals surface area contributed by atoms with E-state index in [2.05, 4.69) is 0 Å². The summed E-state index contributed by atoms with van der Waals surface area (Å²) >= 11 is 0. The van der Waals surface area contributed by atoms with Crippen molar-refractivity contribution < 1.29 is 19.3 Å². The Morgan fingerprint density at radius 2 is 0.816 bits per heavy atom. The van der Waals surface area contributed by atoms with Gasteiger partial charge in [0.15, 0.2) is 11.5 Å². The molecule has 8 nitrogen and oxygen atoms in total. The molecule has 0 N–H and O–H groups in total. The molecular formula is C30H18N2O6. The highest BCUT2D eigenvalue weighted by Gasteiger charge is 2.19. The molecule has 38 heavy (non-hydrogen) atoms. The Labute approximate surface area is 215 Å². The lowest BCUT2D eigenvalue weighted by atomic mass is 10.1. The number of benzene rings is 6. The van der Waals surface area contributed by atoms with Crippen LogP contribution < -0.4 is 9.47 Å². The van der Waals surface area contributed by atoms with Crippen molar-refractivity contribution >= 4 is 43.7 Å². The predicted octanol–water partition coefficient (Wildman–Crippen LogP) is 8.55. The van der Waals surface area contributed by atoms with Crippen molar-refractivity contribution in [2.45, 2.75) is 0 Å². The molecule has 6 aromatic carbocycles. The molecule has 0 aromatic heterocycles. The molecule has 0 radical (unpaired) electrons. The molecule has 0 fully saturated rings. The van der Waals surface area contributed by atoms with E-state index < -0.39 is 9.85 Å². The maximum absolute atomic E-state index is 11.6. The van der Waals surface area contributed by atoms with Crippen molar-refractivity contribution in [2.24, 2.45) is 0 Å². The second-order valence-corrected chi connectivity index (χ2v) is 8.62. The SMILES string of the molecule is O=[N+]([O-])c1ccc(Oc2cc3ccccc3cc2Oc2ccc([N+](=O)[O-])c3ccccc23)c2ccccc12. The fourth-order valence-electron chi connectivity index (χ4n) is 4.60. The number of nitro groups is 2. The molecular weight excluding hydrogens is 484 g/mol. The fraction of sp³-hybridized carbons (Fsp3) is 0. The molecule has 0 atom stereocenters. The number of nitrogens with zero attached hydrogens (tertiary/aromatic N) is 2. The van der Waals surface area contributed by atoms with E-state index in [-0.39, 0.29) is 11.4 Å². The maximum Gasteiger partial charge on any atom is 0.277 e. The van der Waals surface area contributed by atoms with Crippen molar-refractivity contribution in [3.63, 3.8) is 0 Å². The minimum Gasteiger partial charge on any atom is -0.453 e. The third kappa shape index (κ3) is 4.00. The molecule has 0 spiro atoms. The largest absolute Gasteiger partial charge is 0.453 e. The van der Waals surface area contributed by atoms with E-state index in [9.17, 15) is 20.2 Å². The summed E-state index contributed by atoms with van der Waals surface area (Å²) in [6, 6.07) is 31.3. The van der Waals surface area contributed by atoms with Crippen LogP contribution in [0.4, 0.5) is 11.4 Å². The smallest absolute Gasteiger partial charge is 0.277 e. The molecule has 0 amide bonds. The molecule has 0 bridgehead atoms. The van der Waals surface area contributed by atoms with Crippen LogP contribution in [0.2, 0.25) is 0 Å². The fourth-order valence-corrected chi connectivity index (χ4v) is 4.60. The molecule has 0 aliphatic heterocycles. The van der Waals surface area contributed by atoms with E-state index in [4.69, 9.17) is 9.47 Å². The van der Waals surface area contributed by atoms with Crippen LogP contribution in [0.5, 0.6) is 23.0 Å². The van der Waals surface area contributed by atoms with Gasteiger partial charge in [0.1, 0.15) is 11.5 Å². The third-order valence-electron chi connectivity index (χ3n) is 6.37. The number of rotatable bonds is 6. The Morgan fingerprint density at radius 1 is 0.447 bits per heavy atom. The predicted molar refractivity (Wildman–Crippen MR) is 145 cm³/mol. The molecule has 6 rings (SSSR count). The van der Waals surface area contributed by atoms with Gasteiger partial charge in [0.05, 0.1) is 20.6 Å². The number of ether oxygens (including phenoxy) is 2. The standard InChI is InChI=1S/C30H18N2O6/c33-31(34)25-13-15-27(23-11-5-3-9-21(23)25)37-29-17-19-7-1-2-8-20(19)18-30(29)38-28-16-14-26(32(35)36)22-10-4-6-12-24(22)28/h1-18H. The Bertz CT molecular complexity index is 1760. The van der Waals surface area contributed by atoms with Crippen molar-refractivity contribution in [2.75, 3.05) is 0 Å². The molecule has 0 aliphatic rings. The quantitative estimate of drug-likeness (QED) is 0.167. The van der Waals surface area contributed by atoms with Crippen LogP contribution in [0.15, 0.2) is 109 Å². The minimum absolute atomic E-state index is 0.0136. The van der Waals surface area contributed by atoms with Gasteiger partial charge in [-0.25, -0.2) is 0 Å². The van der Waals surface area contributed by atoms with E-state index in [1.54, 1.807) is 60.7 Å².